The van der Waals surface area contributed by atoms with Gasteiger partial charge in [0.1, 0.15) is 0 Å². The van der Waals surface area contributed by atoms with Crippen LogP contribution in [0.4, 0.5) is 0 Å². The van der Waals surface area contributed by atoms with Crippen LogP contribution in [-0.4, -0.2) is 17.7 Å². The van der Waals surface area contributed by atoms with Gasteiger partial charge in [0.25, 0.3) is 0 Å². The smallest absolute Gasteiger partial charge is 0.0790 e. The Hall–Kier alpha value is -2.39. The first kappa shape index (κ1) is 21.8. The molecule has 0 amide bonds. The van der Waals surface area contributed by atoms with E-state index < -0.39 is 6.10 Å². The van der Waals surface area contributed by atoms with Crippen LogP contribution in [0.3, 0.4) is 0 Å². The van der Waals surface area contributed by atoms with E-state index in [0.29, 0.717) is 6.04 Å². The lowest BCUT2D eigenvalue weighted by Gasteiger charge is -2.25. The summed E-state index contributed by atoms with van der Waals surface area (Å²) in [4.78, 5) is 0. The zero-order chi connectivity index (χ0) is 21.5. The molecular formula is C28H30ClNO. The minimum atomic E-state index is -0.418. The van der Waals surface area contributed by atoms with Gasteiger partial charge in [-0.3, -0.25) is 0 Å². The lowest BCUT2D eigenvalue weighted by molar-refractivity contribution is 0.159. The van der Waals surface area contributed by atoms with Gasteiger partial charge in [0.05, 0.1) is 6.10 Å². The van der Waals surface area contributed by atoms with Crippen LogP contribution >= 0.6 is 11.6 Å². The van der Waals surface area contributed by atoms with E-state index in [9.17, 15) is 5.11 Å². The molecule has 0 spiro atoms. The van der Waals surface area contributed by atoms with Crippen LogP contribution in [-0.2, 0) is 12.8 Å². The number of aryl methyl sites for hydroxylation is 2. The van der Waals surface area contributed by atoms with Crippen molar-refractivity contribution in [2.75, 3.05) is 6.54 Å². The molecule has 0 fully saturated rings. The van der Waals surface area contributed by atoms with E-state index in [-0.39, 0.29) is 0 Å². The molecule has 3 aromatic rings. The molecule has 0 saturated heterocycles. The summed E-state index contributed by atoms with van der Waals surface area (Å²) in [7, 11) is 0. The van der Waals surface area contributed by atoms with Crippen molar-refractivity contribution in [1.82, 2.24) is 5.32 Å². The number of nitrogens with one attached hydrogen (secondary N) is 1. The van der Waals surface area contributed by atoms with Crippen LogP contribution in [0.5, 0.6) is 0 Å². The molecule has 31 heavy (non-hydrogen) atoms. The van der Waals surface area contributed by atoms with Gasteiger partial charge in [-0.2, -0.15) is 0 Å². The number of aliphatic hydroxyl groups excluding tert-OH is 1. The molecule has 0 aliphatic carbocycles. The van der Waals surface area contributed by atoms with Gasteiger partial charge >= 0.3 is 0 Å². The van der Waals surface area contributed by atoms with E-state index >= 15 is 0 Å². The molecule has 2 atom stereocenters. The molecule has 0 saturated carbocycles. The summed E-state index contributed by atoms with van der Waals surface area (Å²) in [5.41, 5.74) is 6.30. The van der Waals surface area contributed by atoms with Crippen LogP contribution in [0.2, 0.25) is 5.02 Å². The highest BCUT2D eigenvalue weighted by Gasteiger charge is 2.18. The van der Waals surface area contributed by atoms with Crippen molar-refractivity contribution in [3.05, 3.63) is 112 Å². The largest absolute Gasteiger partial charge is 0.388 e. The quantitative estimate of drug-likeness (QED) is 0.433. The number of aliphatic hydroxyl groups is 1. The monoisotopic (exact) mass is 431 g/mol. The minimum Gasteiger partial charge on any atom is -0.388 e. The molecule has 1 aliphatic heterocycles. The third-order valence-corrected chi connectivity index (χ3v) is 6.39. The van der Waals surface area contributed by atoms with Gasteiger partial charge in [0.15, 0.2) is 0 Å². The summed E-state index contributed by atoms with van der Waals surface area (Å²) in [5.74, 6) is 0. The summed E-state index contributed by atoms with van der Waals surface area (Å²) in [6.45, 7) is 0.896. The fourth-order valence-electron chi connectivity index (χ4n) is 4.23. The molecule has 3 aromatic carbocycles. The average Bonchev–Trinajstić information content (AvgIpc) is 2.83. The summed E-state index contributed by atoms with van der Waals surface area (Å²) in [6.07, 6.45) is 6.58. The van der Waals surface area contributed by atoms with Crippen molar-refractivity contribution in [1.29, 1.82) is 0 Å². The van der Waals surface area contributed by atoms with Gasteiger partial charge < -0.3 is 10.4 Å². The number of hydrogen-bond donors (Lipinski definition) is 2. The maximum absolute atomic E-state index is 10.7. The Morgan fingerprint density at radius 3 is 2.19 bits per heavy atom. The van der Waals surface area contributed by atoms with Crippen LogP contribution in [0, 0.1) is 0 Å². The van der Waals surface area contributed by atoms with Crippen LogP contribution in [0.25, 0.3) is 5.57 Å². The van der Waals surface area contributed by atoms with Gasteiger partial charge in [0.2, 0.25) is 0 Å². The van der Waals surface area contributed by atoms with Gasteiger partial charge in [0, 0.05) is 17.6 Å². The fraction of sp³-hybridized carbons (Fsp3) is 0.286. The summed E-state index contributed by atoms with van der Waals surface area (Å²) >= 11 is 5.96. The van der Waals surface area contributed by atoms with Crippen molar-refractivity contribution in [3.8, 4) is 0 Å². The Labute approximate surface area is 190 Å². The van der Waals surface area contributed by atoms with Crippen molar-refractivity contribution in [2.45, 2.75) is 44.2 Å². The normalized spacial score (nSPS) is 17.2. The first-order valence-electron chi connectivity index (χ1n) is 11.2. The Balaban J connectivity index is 1.25. The fourth-order valence-corrected chi connectivity index (χ4v) is 4.36. The van der Waals surface area contributed by atoms with E-state index in [1.807, 2.05) is 12.1 Å². The van der Waals surface area contributed by atoms with Crippen LogP contribution in [0.1, 0.15) is 47.6 Å². The van der Waals surface area contributed by atoms with E-state index in [1.165, 1.54) is 22.3 Å². The molecule has 0 aromatic heterocycles. The summed E-state index contributed by atoms with van der Waals surface area (Å²) in [5, 5.41) is 15.1. The Bertz CT molecular complexity index is 980. The Kier molecular flexibility index (Phi) is 7.58. The van der Waals surface area contributed by atoms with Crippen molar-refractivity contribution in [3.63, 3.8) is 0 Å². The van der Waals surface area contributed by atoms with Crippen LogP contribution < -0.4 is 5.32 Å². The molecule has 0 bridgehead atoms. The topological polar surface area (TPSA) is 32.3 Å². The van der Waals surface area contributed by atoms with Crippen molar-refractivity contribution >= 4 is 17.2 Å². The molecule has 160 valence electrons. The molecule has 3 heteroatoms. The lowest BCUT2D eigenvalue weighted by atomic mass is 9.91. The molecule has 4 rings (SSSR count). The SMILES string of the molecule is OC(CCC1CC(c2ccccc2)=CCN1)c1ccc(CCc2ccc(Cl)cc2)cc1. The maximum Gasteiger partial charge on any atom is 0.0790 e. The highest BCUT2D eigenvalue weighted by Crippen LogP contribution is 2.27. The Morgan fingerprint density at radius 2 is 1.52 bits per heavy atom. The molecule has 2 N–H and O–H groups in total. The van der Waals surface area contributed by atoms with Crippen molar-refractivity contribution < 1.29 is 5.11 Å². The van der Waals surface area contributed by atoms with Gasteiger partial charge in [-0.1, -0.05) is 84.4 Å². The number of benzene rings is 3. The third-order valence-electron chi connectivity index (χ3n) is 6.13. The number of rotatable bonds is 8. The summed E-state index contributed by atoms with van der Waals surface area (Å²) in [6, 6.07) is 27.5. The number of hydrogen-bond acceptors (Lipinski definition) is 2. The van der Waals surface area contributed by atoms with E-state index in [4.69, 9.17) is 11.6 Å². The lowest BCUT2D eigenvalue weighted by Crippen LogP contribution is -2.33. The Morgan fingerprint density at radius 1 is 0.871 bits per heavy atom. The zero-order valence-electron chi connectivity index (χ0n) is 17.8. The molecular weight excluding hydrogens is 402 g/mol. The second kappa shape index (κ2) is 10.8. The van der Waals surface area contributed by atoms with E-state index in [2.05, 4.69) is 78.1 Å². The zero-order valence-corrected chi connectivity index (χ0v) is 18.6. The maximum atomic E-state index is 10.7. The highest BCUT2D eigenvalue weighted by molar-refractivity contribution is 6.30. The molecule has 2 unspecified atom stereocenters. The second-order valence-electron chi connectivity index (χ2n) is 8.37. The average molecular weight is 432 g/mol. The predicted molar refractivity (Wildman–Crippen MR) is 130 cm³/mol. The molecule has 1 heterocycles. The first-order chi connectivity index (χ1) is 15.2. The summed E-state index contributed by atoms with van der Waals surface area (Å²) < 4.78 is 0. The molecule has 2 nitrogen and oxygen atoms in total. The van der Waals surface area contributed by atoms with E-state index in [0.717, 1.165) is 49.2 Å². The van der Waals surface area contributed by atoms with Crippen molar-refractivity contribution in [2.24, 2.45) is 0 Å². The van der Waals surface area contributed by atoms with Gasteiger partial charge in [-0.05, 0) is 72.1 Å². The predicted octanol–water partition coefficient (Wildman–Crippen LogP) is 6.38. The first-order valence-corrected chi connectivity index (χ1v) is 11.5. The highest BCUT2D eigenvalue weighted by atomic mass is 35.5. The molecule has 1 aliphatic rings. The second-order valence-corrected chi connectivity index (χ2v) is 8.80. The standard InChI is InChI=1S/C28H30ClNO/c29-26-14-10-22(11-15-26)7-6-21-8-12-24(13-9-21)28(31)17-16-27-20-25(18-19-30-27)23-4-2-1-3-5-23/h1-5,8-15,18,27-28,30-31H,6-7,16-17,19-20H2. The minimum absolute atomic E-state index is 0.411. The molecule has 0 radical (unpaired) electrons. The number of halogens is 1. The van der Waals surface area contributed by atoms with Gasteiger partial charge in [-0.15, -0.1) is 0 Å². The van der Waals surface area contributed by atoms with Gasteiger partial charge in [-0.25, -0.2) is 0 Å². The third kappa shape index (κ3) is 6.30. The van der Waals surface area contributed by atoms with Crippen LogP contribution in [0.15, 0.2) is 84.9 Å². The van der Waals surface area contributed by atoms with E-state index in [1.54, 1.807) is 0 Å².